The van der Waals surface area contributed by atoms with Crippen LogP contribution in [0, 0.1) is 6.92 Å². The Balaban J connectivity index is 2.07. The van der Waals surface area contributed by atoms with E-state index in [-0.39, 0.29) is 12.1 Å². The minimum atomic E-state index is -0.566. The van der Waals surface area contributed by atoms with Crippen LogP contribution in [0.15, 0.2) is 22.7 Å². The predicted octanol–water partition coefficient (Wildman–Crippen LogP) is 2.87. The first-order valence-electron chi connectivity index (χ1n) is 6.24. The summed E-state index contributed by atoms with van der Waals surface area (Å²) in [4.78, 5) is 25.7. The van der Waals surface area contributed by atoms with Gasteiger partial charge in [0.25, 0.3) is 11.7 Å². The molecule has 0 fully saturated rings. The SMILES string of the molecule is Cc1nn(C)c(CN2C(=O)C(=O)c3c(Cl)cccc32)c1Br. The Morgan fingerprint density at radius 2 is 2.05 bits per heavy atom. The van der Waals surface area contributed by atoms with Gasteiger partial charge in [-0.3, -0.25) is 19.2 Å². The third-order valence-electron chi connectivity index (χ3n) is 3.52. The van der Waals surface area contributed by atoms with Crippen LogP contribution < -0.4 is 4.90 Å². The Morgan fingerprint density at radius 1 is 1.33 bits per heavy atom. The molecule has 1 aliphatic rings. The molecule has 0 spiro atoms. The zero-order chi connectivity index (χ0) is 15.3. The normalized spacial score (nSPS) is 14.0. The average Bonchev–Trinajstić information content (AvgIpc) is 2.82. The molecular formula is C14H11BrClN3O2. The van der Waals surface area contributed by atoms with Crippen LogP contribution in [0.4, 0.5) is 5.69 Å². The van der Waals surface area contributed by atoms with Crippen LogP contribution in [0.1, 0.15) is 21.7 Å². The van der Waals surface area contributed by atoms with Crippen molar-refractivity contribution in [1.82, 2.24) is 9.78 Å². The minimum absolute atomic E-state index is 0.260. The van der Waals surface area contributed by atoms with Crippen LogP contribution in [0.25, 0.3) is 0 Å². The van der Waals surface area contributed by atoms with Crippen molar-refractivity contribution in [3.8, 4) is 0 Å². The van der Waals surface area contributed by atoms with Gasteiger partial charge in [0.15, 0.2) is 0 Å². The molecule has 0 bridgehead atoms. The number of halogens is 2. The van der Waals surface area contributed by atoms with Gasteiger partial charge in [0.05, 0.1) is 38.7 Å². The standard InChI is InChI=1S/C14H11BrClN3O2/c1-7-12(15)10(18(2)17-7)6-19-9-5-3-4-8(16)11(9)13(20)14(19)21/h3-5H,6H2,1-2H3. The minimum Gasteiger partial charge on any atom is -0.299 e. The molecular weight excluding hydrogens is 358 g/mol. The zero-order valence-corrected chi connectivity index (χ0v) is 13.7. The monoisotopic (exact) mass is 367 g/mol. The number of hydrogen-bond donors (Lipinski definition) is 0. The van der Waals surface area contributed by atoms with Crippen LogP contribution in [-0.4, -0.2) is 21.5 Å². The zero-order valence-electron chi connectivity index (χ0n) is 11.4. The van der Waals surface area contributed by atoms with Crippen LogP contribution in [0.3, 0.4) is 0 Å². The molecule has 0 radical (unpaired) electrons. The molecule has 1 aliphatic heterocycles. The molecule has 0 saturated heterocycles. The molecule has 108 valence electrons. The lowest BCUT2D eigenvalue weighted by Gasteiger charge is -2.17. The summed E-state index contributed by atoms with van der Waals surface area (Å²) in [6.07, 6.45) is 0. The molecule has 0 atom stereocenters. The molecule has 2 heterocycles. The number of benzene rings is 1. The maximum absolute atomic E-state index is 12.2. The van der Waals surface area contributed by atoms with E-state index in [2.05, 4.69) is 21.0 Å². The van der Waals surface area contributed by atoms with Crippen LogP contribution >= 0.6 is 27.5 Å². The summed E-state index contributed by atoms with van der Waals surface area (Å²) in [7, 11) is 1.80. The molecule has 0 unspecified atom stereocenters. The van der Waals surface area contributed by atoms with Crippen molar-refractivity contribution in [2.75, 3.05) is 4.90 Å². The van der Waals surface area contributed by atoms with Gasteiger partial charge in [-0.1, -0.05) is 17.7 Å². The van der Waals surface area contributed by atoms with Gasteiger partial charge in [0, 0.05) is 7.05 Å². The quantitative estimate of drug-likeness (QED) is 0.766. The largest absolute Gasteiger partial charge is 0.299 e. The third-order valence-corrected chi connectivity index (χ3v) is 4.86. The van der Waals surface area contributed by atoms with E-state index in [0.717, 1.165) is 15.9 Å². The highest BCUT2D eigenvalue weighted by Crippen LogP contribution is 2.35. The maximum atomic E-state index is 12.2. The van der Waals surface area contributed by atoms with E-state index in [9.17, 15) is 9.59 Å². The molecule has 0 saturated carbocycles. The van der Waals surface area contributed by atoms with E-state index >= 15 is 0 Å². The van der Waals surface area contributed by atoms with Gasteiger partial charge in [-0.15, -0.1) is 0 Å². The highest BCUT2D eigenvalue weighted by atomic mass is 79.9. The highest BCUT2D eigenvalue weighted by Gasteiger charge is 2.38. The maximum Gasteiger partial charge on any atom is 0.299 e. The number of fused-ring (bicyclic) bond motifs is 1. The summed E-state index contributed by atoms with van der Waals surface area (Å²) in [6.45, 7) is 2.13. The first-order valence-corrected chi connectivity index (χ1v) is 7.41. The molecule has 1 aromatic carbocycles. The van der Waals surface area contributed by atoms with Crippen molar-refractivity contribution in [3.63, 3.8) is 0 Å². The fourth-order valence-corrected chi connectivity index (χ4v) is 3.18. The number of carbonyl (C=O) groups excluding carboxylic acids is 2. The van der Waals surface area contributed by atoms with E-state index in [1.165, 1.54) is 4.90 Å². The van der Waals surface area contributed by atoms with Gasteiger partial charge in [-0.25, -0.2) is 0 Å². The molecule has 0 aliphatic carbocycles. The Labute approximate surface area is 134 Å². The second-order valence-corrected chi connectivity index (χ2v) is 6.02. The first kappa shape index (κ1) is 14.3. The summed E-state index contributed by atoms with van der Waals surface area (Å²) in [5.41, 5.74) is 2.47. The number of rotatable bonds is 2. The summed E-state index contributed by atoms with van der Waals surface area (Å²) >= 11 is 9.50. The number of carbonyl (C=O) groups is 2. The van der Waals surface area contributed by atoms with E-state index in [1.807, 2.05) is 6.92 Å². The summed E-state index contributed by atoms with van der Waals surface area (Å²) in [5.74, 6) is -1.13. The van der Waals surface area contributed by atoms with E-state index in [0.29, 0.717) is 10.7 Å². The van der Waals surface area contributed by atoms with Crippen molar-refractivity contribution in [2.45, 2.75) is 13.5 Å². The lowest BCUT2D eigenvalue weighted by molar-refractivity contribution is -0.114. The van der Waals surface area contributed by atoms with Crippen molar-refractivity contribution >= 4 is 44.9 Å². The number of Topliss-reactive ketones (excluding diaryl/α,β-unsaturated/α-hetero) is 1. The summed E-state index contributed by atoms with van der Waals surface area (Å²) < 4.78 is 2.53. The smallest absolute Gasteiger partial charge is 0.299 e. The Hall–Kier alpha value is -1.66. The summed E-state index contributed by atoms with van der Waals surface area (Å²) in [6, 6.07) is 5.06. The number of hydrogen-bond acceptors (Lipinski definition) is 3. The lowest BCUT2D eigenvalue weighted by Crippen LogP contribution is -2.30. The predicted molar refractivity (Wildman–Crippen MR) is 82.6 cm³/mol. The van der Waals surface area contributed by atoms with E-state index in [1.54, 1.807) is 29.9 Å². The molecule has 5 nitrogen and oxygen atoms in total. The van der Waals surface area contributed by atoms with Crippen molar-refractivity contribution in [2.24, 2.45) is 7.05 Å². The number of aryl methyl sites for hydroxylation is 2. The van der Waals surface area contributed by atoms with Gasteiger partial charge in [-0.2, -0.15) is 5.10 Å². The van der Waals surface area contributed by atoms with Gasteiger partial charge in [0.2, 0.25) is 0 Å². The van der Waals surface area contributed by atoms with Crippen molar-refractivity contribution in [3.05, 3.63) is 44.6 Å². The molecule has 1 amide bonds. The second kappa shape index (κ2) is 4.96. The number of nitrogens with zero attached hydrogens (tertiary/aromatic N) is 3. The number of ketones is 1. The molecule has 21 heavy (non-hydrogen) atoms. The Kier molecular flexibility index (Phi) is 3.37. The fourth-order valence-electron chi connectivity index (χ4n) is 2.46. The van der Waals surface area contributed by atoms with Crippen LogP contribution in [0.2, 0.25) is 5.02 Å². The first-order chi connectivity index (χ1) is 9.91. The van der Waals surface area contributed by atoms with Crippen molar-refractivity contribution in [1.29, 1.82) is 0 Å². The van der Waals surface area contributed by atoms with Crippen molar-refractivity contribution < 1.29 is 9.59 Å². The summed E-state index contributed by atoms with van der Waals surface area (Å²) in [5, 5.41) is 4.59. The van der Waals surface area contributed by atoms with Gasteiger partial charge < -0.3 is 0 Å². The highest BCUT2D eigenvalue weighted by molar-refractivity contribution is 9.10. The van der Waals surface area contributed by atoms with Crippen LogP contribution in [-0.2, 0) is 18.4 Å². The number of aromatic nitrogens is 2. The topological polar surface area (TPSA) is 55.2 Å². The molecule has 1 aromatic heterocycles. The Morgan fingerprint density at radius 3 is 2.67 bits per heavy atom. The Bertz CT molecular complexity index is 785. The second-order valence-electron chi connectivity index (χ2n) is 4.82. The third kappa shape index (κ3) is 2.10. The fraction of sp³-hybridized carbons (Fsp3) is 0.214. The van der Waals surface area contributed by atoms with Crippen LogP contribution in [0.5, 0.6) is 0 Å². The van der Waals surface area contributed by atoms with Gasteiger partial charge >= 0.3 is 0 Å². The molecule has 7 heteroatoms. The molecule has 3 rings (SSSR count). The van der Waals surface area contributed by atoms with Gasteiger partial charge in [0.1, 0.15) is 0 Å². The van der Waals surface area contributed by atoms with E-state index < -0.39 is 11.7 Å². The number of amides is 1. The molecule has 2 aromatic rings. The van der Waals surface area contributed by atoms with Gasteiger partial charge in [-0.05, 0) is 35.0 Å². The average molecular weight is 369 g/mol. The number of anilines is 1. The molecule has 0 N–H and O–H groups in total. The van der Waals surface area contributed by atoms with E-state index in [4.69, 9.17) is 11.6 Å². The lowest BCUT2D eigenvalue weighted by atomic mass is 10.1.